The molecule has 0 spiro atoms. The average molecular weight is 437 g/mol. The molecule has 4 aromatic carbocycles. The number of nitro groups is 1. The van der Waals surface area contributed by atoms with Crippen LogP contribution in [0.3, 0.4) is 0 Å². The first-order chi connectivity index (χ1) is 16.0. The number of carbonyl (C=O) groups excluding carboxylic acids is 2. The lowest BCUT2D eigenvalue weighted by molar-refractivity contribution is -0.384. The number of nitrogens with zero attached hydrogens (tertiary/aromatic N) is 1. The predicted molar refractivity (Wildman–Crippen MR) is 124 cm³/mol. The summed E-state index contributed by atoms with van der Waals surface area (Å²) in [6.07, 6.45) is -1.26. The van der Waals surface area contributed by atoms with E-state index in [0.717, 1.165) is 5.56 Å². The van der Waals surface area contributed by atoms with Crippen LogP contribution in [0.2, 0.25) is 0 Å². The lowest BCUT2D eigenvalue weighted by atomic mass is 9.98. The largest absolute Gasteiger partial charge is 0.445 e. The molecule has 0 N–H and O–H groups in total. The second kappa shape index (κ2) is 9.70. The molecule has 1 atom stereocenters. The quantitative estimate of drug-likeness (QED) is 0.152. The number of nitro benzene ring substituents is 1. The smallest absolute Gasteiger partial charge is 0.339 e. The molecule has 0 unspecified atom stereocenters. The molecule has 0 aliphatic heterocycles. The molecule has 33 heavy (non-hydrogen) atoms. The van der Waals surface area contributed by atoms with Crippen LogP contribution in [0.5, 0.6) is 0 Å². The first-order valence-electron chi connectivity index (χ1n) is 10.2. The average Bonchev–Trinajstić information content (AvgIpc) is 2.88. The summed E-state index contributed by atoms with van der Waals surface area (Å²) in [6, 6.07) is 30.3. The predicted octanol–water partition coefficient (Wildman–Crippen LogP) is 6.04. The second-order valence-electron chi connectivity index (χ2n) is 7.28. The van der Waals surface area contributed by atoms with E-state index in [2.05, 4.69) is 0 Å². The molecule has 0 bridgehead atoms. The van der Waals surface area contributed by atoms with Crippen LogP contribution in [-0.2, 0) is 4.74 Å². The van der Waals surface area contributed by atoms with E-state index in [4.69, 9.17) is 4.74 Å². The van der Waals surface area contributed by atoms with Crippen LogP contribution in [0.15, 0.2) is 109 Å². The molecule has 0 fully saturated rings. The summed E-state index contributed by atoms with van der Waals surface area (Å²) in [4.78, 5) is 37.0. The number of benzene rings is 4. The SMILES string of the molecule is O=C(O[C@H](C(=O)c1ccccc1)c1ccc([N+](=O)[O-])cc1)c1ccccc1-c1ccccc1. The molecule has 0 saturated heterocycles. The lowest BCUT2D eigenvalue weighted by Crippen LogP contribution is -2.20. The molecule has 162 valence electrons. The van der Waals surface area contributed by atoms with Crippen LogP contribution in [0.1, 0.15) is 32.4 Å². The Bertz CT molecular complexity index is 1290. The van der Waals surface area contributed by atoms with Crippen molar-refractivity contribution in [3.63, 3.8) is 0 Å². The first kappa shape index (κ1) is 21.6. The van der Waals surface area contributed by atoms with Crippen molar-refractivity contribution in [2.45, 2.75) is 6.10 Å². The maximum absolute atomic E-state index is 13.3. The molecule has 0 aliphatic carbocycles. The molecular weight excluding hydrogens is 418 g/mol. The standard InChI is InChI=1S/C27H19NO5/c29-25(20-11-5-2-6-12-20)26(21-15-17-22(18-16-21)28(31)32)33-27(30)24-14-8-7-13-23(24)19-9-3-1-4-10-19/h1-18,26H/t26-/m0/s1. The van der Waals surface area contributed by atoms with Crippen molar-refractivity contribution in [2.24, 2.45) is 0 Å². The van der Waals surface area contributed by atoms with Crippen LogP contribution in [0.25, 0.3) is 11.1 Å². The van der Waals surface area contributed by atoms with Gasteiger partial charge in [-0.3, -0.25) is 14.9 Å². The van der Waals surface area contributed by atoms with E-state index >= 15 is 0 Å². The Morgan fingerprint density at radius 3 is 1.94 bits per heavy atom. The third-order valence-electron chi connectivity index (χ3n) is 5.16. The van der Waals surface area contributed by atoms with Crippen LogP contribution < -0.4 is 0 Å². The minimum Gasteiger partial charge on any atom is -0.445 e. The van der Waals surface area contributed by atoms with Crippen molar-refractivity contribution >= 4 is 17.4 Å². The number of non-ortho nitro benzene ring substituents is 1. The van der Waals surface area contributed by atoms with E-state index in [1.54, 1.807) is 42.5 Å². The number of Topliss-reactive ketones (excluding diaryl/α,β-unsaturated/α-hetero) is 1. The molecule has 0 aliphatic rings. The summed E-state index contributed by atoms with van der Waals surface area (Å²) in [6.45, 7) is 0. The Labute approximate surface area is 190 Å². The van der Waals surface area contributed by atoms with Crippen LogP contribution in [-0.4, -0.2) is 16.7 Å². The molecule has 0 aromatic heterocycles. The van der Waals surface area contributed by atoms with Gasteiger partial charge in [-0.2, -0.15) is 0 Å². The summed E-state index contributed by atoms with van der Waals surface area (Å²) >= 11 is 0. The Balaban J connectivity index is 1.71. The summed E-state index contributed by atoms with van der Waals surface area (Å²) in [5.41, 5.74) is 2.43. The zero-order valence-electron chi connectivity index (χ0n) is 17.5. The molecular formula is C27H19NO5. The Kier molecular flexibility index (Phi) is 6.36. The van der Waals surface area contributed by atoms with Gasteiger partial charge in [-0.25, -0.2) is 4.79 Å². The van der Waals surface area contributed by atoms with Crippen molar-refractivity contribution in [3.8, 4) is 11.1 Å². The number of hydrogen-bond donors (Lipinski definition) is 0. The molecule has 0 amide bonds. The van der Waals surface area contributed by atoms with E-state index in [1.165, 1.54) is 24.3 Å². The number of esters is 1. The van der Waals surface area contributed by atoms with E-state index in [1.807, 2.05) is 42.5 Å². The second-order valence-corrected chi connectivity index (χ2v) is 7.28. The number of hydrogen-bond acceptors (Lipinski definition) is 5. The normalized spacial score (nSPS) is 11.4. The first-order valence-corrected chi connectivity index (χ1v) is 10.2. The molecule has 4 aromatic rings. The van der Waals surface area contributed by atoms with Crippen molar-refractivity contribution in [2.75, 3.05) is 0 Å². The van der Waals surface area contributed by atoms with Gasteiger partial charge in [-0.15, -0.1) is 0 Å². The minimum atomic E-state index is -1.26. The van der Waals surface area contributed by atoms with Crippen molar-refractivity contribution in [1.29, 1.82) is 0 Å². The Hall–Kier alpha value is -4.58. The lowest BCUT2D eigenvalue weighted by Gasteiger charge is -2.18. The summed E-state index contributed by atoms with van der Waals surface area (Å²) in [5.74, 6) is -1.09. The van der Waals surface area contributed by atoms with Crippen molar-refractivity contribution in [3.05, 3.63) is 136 Å². The molecule has 0 radical (unpaired) electrons. The Morgan fingerprint density at radius 2 is 1.30 bits per heavy atom. The van der Waals surface area contributed by atoms with Gasteiger partial charge in [-0.1, -0.05) is 78.9 Å². The highest BCUT2D eigenvalue weighted by atomic mass is 16.6. The fourth-order valence-electron chi connectivity index (χ4n) is 3.50. The van der Waals surface area contributed by atoms with Gasteiger partial charge >= 0.3 is 5.97 Å². The molecule has 6 heteroatoms. The monoisotopic (exact) mass is 437 g/mol. The molecule has 4 rings (SSSR count). The highest BCUT2D eigenvalue weighted by Gasteiger charge is 2.28. The zero-order valence-corrected chi connectivity index (χ0v) is 17.5. The molecule has 0 saturated carbocycles. The highest BCUT2D eigenvalue weighted by molar-refractivity contribution is 6.03. The summed E-state index contributed by atoms with van der Waals surface area (Å²) < 4.78 is 5.74. The minimum absolute atomic E-state index is 0.120. The van der Waals surface area contributed by atoms with Gasteiger partial charge in [0.1, 0.15) is 0 Å². The number of carbonyl (C=O) groups is 2. The van der Waals surface area contributed by atoms with Gasteiger partial charge in [0.15, 0.2) is 6.10 Å². The van der Waals surface area contributed by atoms with Gasteiger partial charge in [-0.05, 0) is 29.3 Å². The van der Waals surface area contributed by atoms with E-state index in [-0.39, 0.29) is 5.69 Å². The topological polar surface area (TPSA) is 86.5 Å². The highest BCUT2D eigenvalue weighted by Crippen LogP contribution is 2.29. The van der Waals surface area contributed by atoms with E-state index in [0.29, 0.717) is 22.3 Å². The third kappa shape index (κ3) is 4.85. The van der Waals surface area contributed by atoms with Gasteiger partial charge in [0.05, 0.1) is 10.5 Å². The number of ketones is 1. The van der Waals surface area contributed by atoms with Crippen LogP contribution in [0.4, 0.5) is 5.69 Å². The molecule has 0 heterocycles. The van der Waals surface area contributed by atoms with E-state index < -0.39 is 22.8 Å². The maximum Gasteiger partial charge on any atom is 0.339 e. The van der Waals surface area contributed by atoms with E-state index in [9.17, 15) is 19.7 Å². The third-order valence-corrected chi connectivity index (χ3v) is 5.16. The fourth-order valence-corrected chi connectivity index (χ4v) is 3.50. The van der Waals surface area contributed by atoms with Crippen molar-refractivity contribution in [1.82, 2.24) is 0 Å². The molecule has 6 nitrogen and oxygen atoms in total. The number of ether oxygens (including phenoxy) is 1. The zero-order chi connectivity index (χ0) is 23.2. The van der Waals surface area contributed by atoms with Crippen molar-refractivity contribution < 1.29 is 19.2 Å². The van der Waals surface area contributed by atoms with Gasteiger partial charge < -0.3 is 4.74 Å². The van der Waals surface area contributed by atoms with Gasteiger partial charge in [0, 0.05) is 23.3 Å². The van der Waals surface area contributed by atoms with Crippen LogP contribution in [0, 0.1) is 10.1 Å². The van der Waals surface area contributed by atoms with Crippen LogP contribution >= 0.6 is 0 Å². The fraction of sp³-hybridized carbons (Fsp3) is 0.0370. The maximum atomic E-state index is 13.3. The summed E-state index contributed by atoms with van der Waals surface area (Å²) in [5, 5.41) is 11.0. The number of rotatable bonds is 7. The Morgan fingerprint density at radius 1 is 0.727 bits per heavy atom. The summed E-state index contributed by atoms with van der Waals surface area (Å²) in [7, 11) is 0. The van der Waals surface area contributed by atoms with Gasteiger partial charge in [0.25, 0.3) is 5.69 Å². The van der Waals surface area contributed by atoms with Gasteiger partial charge in [0.2, 0.25) is 5.78 Å².